The molecule has 0 aliphatic rings. The topological polar surface area (TPSA) is 15.3 Å². The highest BCUT2D eigenvalue weighted by molar-refractivity contribution is 9.10. The first-order valence-corrected chi connectivity index (χ1v) is 7.58. The molecule has 2 rings (SSSR count). The highest BCUT2D eigenvalue weighted by Gasteiger charge is 2.03. The molecule has 2 aromatic rings. The van der Waals surface area contributed by atoms with Crippen molar-refractivity contribution in [1.82, 2.24) is 0 Å². The summed E-state index contributed by atoms with van der Waals surface area (Å²) in [5, 5.41) is 5.30. The van der Waals surface area contributed by atoms with Crippen LogP contribution in [0, 0.1) is 0 Å². The van der Waals surface area contributed by atoms with E-state index < -0.39 is 0 Å². The van der Waals surface area contributed by atoms with Gasteiger partial charge in [-0.05, 0) is 46.6 Å². The van der Waals surface area contributed by atoms with Gasteiger partial charge in [0.2, 0.25) is 0 Å². The summed E-state index contributed by atoms with van der Waals surface area (Å²) in [4.78, 5) is 3.70. The van der Waals surface area contributed by atoms with Crippen LogP contribution in [0.3, 0.4) is 0 Å². The molecular weight excluding hydrogens is 308 g/mol. The molecule has 0 saturated heterocycles. The van der Waals surface area contributed by atoms with Gasteiger partial charge >= 0.3 is 0 Å². The molecule has 18 heavy (non-hydrogen) atoms. The number of anilines is 2. The maximum absolute atomic E-state index is 3.49. The van der Waals surface area contributed by atoms with Crippen LogP contribution in [0.25, 0.3) is 0 Å². The lowest BCUT2D eigenvalue weighted by atomic mass is 10.2. The quantitative estimate of drug-likeness (QED) is 0.885. The summed E-state index contributed by atoms with van der Waals surface area (Å²) >= 11 is 5.30. The van der Waals surface area contributed by atoms with E-state index in [1.807, 2.05) is 18.4 Å². The Kier molecular flexibility index (Phi) is 4.66. The van der Waals surface area contributed by atoms with E-state index in [2.05, 4.69) is 68.9 Å². The van der Waals surface area contributed by atoms with Gasteiger partial charge in [0.05, 0.1) is 0 Å². The average molecular weight is 325 g/mol. The fraction of sp³-hybridized carbons (Fsp3) is 0.286. The largest absolute Gasteiger partial charge is 0.388 e. The SMILES string of the molecule is CNc1cccc(N(C)CCc2cc(Br)cs2)c1. The second kappa shape index (κ2) is 6.25. The van der Waals surface area contributed by atoms with Crippen LogP contribution in [0.5, 0.6) is 0 Å². The molecule has 0 bridgehead atoms. The predicted molar refractivity (Wildman–Crippen MR) is 85.0 cm³/mol. The Labute approximate surface area is 121 Å². The standard InChI is InChI=1S/C14H17BrN2S/c1-16-12-4-3-5-13(9-12)17(2)7-6-14-8-11(15)10-18-14/h3-5,8-10,16H,6-7H2,1-2H3. The van der Waals surface area contributed by atoms with Crippen LogP contribution in [0.1, 0.15) is 4.88 Å². The number of halogens is 1. The third-order valence-corrected chi connectivity index (χ3v) is 4.65. The van der Waals surface area contributed by atoms with Crippen molar-refractivity contribution < 1.29 is 0 Å². The fourth-order valence-electron chi connectivity index (χ4n) is 1.79. The molecule has 0 radical (unpaired) electrons. The molecule has 0 saturated carbocycles. The zero-order valence-electron chi connectivity index (χ0n) is 10.6. The number of likely N-dealkylation sites (N-methyl/N-ethyl adjacent to an activating group) is 1. The highest BCUT2D eigenvalue weighted by Crippen LogP contribution is 2.22. The predicted octanol–water partition coefficient (Wildman–Crippen LogP) is 4.23. The summed E-state index contributed by atoms with van der Waals surface area (Å²) in [5.74, 6) is 0. The van der Waals surface area contributed by atoms with Gasteiger partial charge in [0, 0.05) is 46.7 Å². The van der Waals surface area contributed by atoms with Crippen molar-refractivity contribution in [2.45, 2.75) is 6.42 Å². The van der Waals surface area contributed by atoms with E-state index in [0.717, 1.165) is 18.7 Å². The van der Waals surface area contributed by atoms with Crippen LogP contribution in [0.2, 0.25) is 0 Å². The van der Waals surface area contributed by atoms with Crippen molar-refractivity contribution >= 4 is 38.6 Å². The molecule has 1 aromatic heterocycles. The van der Waals surface area contributed by atoms with Crippen molar-refractivity contribution in [2.24, 2.45) is 0 Å². The third kappa shape index (κ3) is 3.50. The second-order valence-corrected chi connectivity index (χ2v) is 6.11. The molecule has 0 atom stereocenters. The van der Waals surface area contributed by atoms with Crippen LogP contribution < -0.4 is 10.2 Å². The van der Waals surface area contributed by atoms with Gasteiger partial charge in [-0.2, -0.15) is 0 Å². The Balaban J connectivity index is 1.96. The third-order valence-electron chi connectivity index (χ3n) is 2.89. The van der Waals surface area contributed by atoms with E-state index >= 15 is 0 Å². The summed E-state index contributed by atoms with van der Waals surface area (Å²) in [6, 6.07) is 10.7. The van der Waals surface area contributed by atoms with Gasteiger partial charge < -0.3 is 10.2 Å². The van der Waals surface area contributed by atoms with Gasteiger partial charge in [-0.15, -0.1) is 11.3 Å². The van der Waals surface area contributed by atoms with Gasteiger partial charge in [-0.1, -0.05) is 6.07 Å². The van der Waals surface area contributed by atoms with Crippen molar-refractivity contribution in [1.29, 1.82) is 0 Å². The molecule has 4 heteroatoms. The number of rotatable bonds is 5. The number of benzene rings is 1. The van der Waals surface area contributed by atoms with E-state index in [1.54, 1.807) is 0 Å². The van der Waals surface area contributed by atoms with E-state index in [4.69, 9.17) is 0 Å². The van der Waals surface area contributed by atoms with Crippen LogP contribution in [-0.4, -0.2) is 20.6 Å². The highest BCUT2D eigenvalue weighted by atomic mass is 79.9. The smallest absolute Gasteiger partial charge is 0.0384 e. The van der Waals surface area contributed by atoms with Crippen molar-refractivity contribution in [3.05, 3.63) is 45.1 Å². The summed E-state index contributed by atoms with van der Waals surface area (Å²) in [5.41, 5.74) is 2.40. The monoisotopic (exact) mass is 324 g/mol. The Morgan fingerprint density at radius 3 is 2.83 bits per heavy atom. The molecule has 0 amide bonds. The van der Waals surface area contributed by atoms with Gasteiger partial charge in [-0.3, -0.25) is 0 Å². The van der Waals surface area contributed by atoms with Crippen LogP contribution in [0.15, 0.2) is 40.2 Å². The lowest BCUT2D eigenvalue weighted by Gasteiger charge is -2.19. The first kappa shape index (κ1) is 13.4. The summed E-state index contributed by atoms with van der Waals surface area (Å²) < 4.78 is 1.18. The van der Waals surface area contributed by atoms with Crippen molar-refractivity contribution in [3.8, 4) is 0 Å². The normalized spacial score (nSPS) is 10.4. The maximum Gasteiger partial charge on any atom is 0.0384 e. The van der Waals surface area contributed by atoms with Crippen molar-refractivity contribution in [2.75, 3.05) is 30.9 Å². The van der Waals surface area contributed by atoms with Crippen molar-refractivity contribution in [3.63, 3.8) is 0 Å². The summed E-state index contributed by atoms with van der Waals surface area (Å²) in [6.45, 7) is 1.03. The van der Waals surface area contributed by atoms with Gasteiger partial charge in [0.1, 0.15) is 0 Å². The van der Waals surface area contributed by atoms with Gasteiger partial charge in [0.15, 0.2) is 0 Å². The fourth-order valence-corrected chi connectivity index (χ4v) is 3.24. The molecule has 0 unspecified atom stereocenters. The average Bonchev–Trinajstić information content (AvgIpc) is 2.82. The zero-order valence-corrected chi connectivity index (χ0v) is 13.0. The molecule has 1 aromatic carbocycles. The molecule has 96 valence electrons. The lowest BCUT2D eigenvalue weighted by Crippen LogP contribution is -2.19. The number of hydrogen-bond acceptors (Lipinski definition) is 3. The molecular formula is C14H17BrN2S. The maximum atomic E-state index is 3.49. The Bertz CT molecular complexity index is 510. The minimum atomic E-state index is 1.03. The Morgan fingerprint density at radius 1 is 1.33 bits per heavy atom. The minimum Gasteiger partial charge on any atom is -0.388 e. The number of thiophene rings is 1. The van der Waals surface area contributed by atoms with Crippen LogP contribution >= 0.6 is 27.3 Å². The van der Waals surface area contributed by atoms with E-state index in [9.17, 15) is 0 Å². The first-order chi connectivity index (χ1) is 8.69. The minimum absolute atomic E-state index is 1.03. The number of nitrogens with zero attached hydrogens (tertiary/aromatic N) is 1. The number of nitrogens with one attached hydrogen (secondary N) is 1. The summed E-state index contributed by atoms with van der Waals surface area (Å²) in [7, 11) is 4.08. The van der Waals surface area contributed by atoms with Gasteiger partial charge in [-0.25, -0.2) is 0 Å². The van der Waals surface area contributed by atoms with Gasteiger partial charge in [0.25, 0.3) is 0 Å². The molecule has 0 aliphatic heterocycles. The molecule has 1 heterocycles. The summed E-state index contributed by atoms with van der Waals surface area (Å²) in [6.07, 6.45) is 1.08. The second-order valence-electron chi connectivity index (χ2n) is 4.20. The molecule has 0 spiro atoms. The first-order valence-electron chi connectivity index (χ1n) is 5.91. The molecule has 1 N–H and O–H groups in total. The van der Waals surface area contributed by atoms with E-state index in [1.165, 1.54) is 15.0 Å². The zero-order chi connectivity index (χ0) is 13.0. The molecule has 0 aliphatic carbocycles. The molecule has 2 nitrogen and oxygen atoms in total. The van der Waals surface area contributed by atoms with Crippen LogP contribution in [-0.2, 0) is 6.42 Å². The number of hydrogen-bond donors (Lipinski definition) is 1. The lowest BCUT2D eigenvalue weighted by molar-refractivity contribution is 0.887. The van der Waals surface area contributed by atoms with E-state index in [0.29, 0.717) is 0 Å². The Morgan fingerprint density at radius 2 is 2.17 bits per heavy atom. The Hall–Kier alpha value is -1.000. The molecule has 0 fully saturated rings. The van der Waals surface area contributed by atoms with Crippen LogP contribution in [0.4, 0.5) is 11.4 Å². The van der Waals surface area contributed by atoms with E-state index in [-0.39, 0.29) is 0 Å².